The third kappa shape index (κ3) is 4.68. The average molecular weight is 397 g/mol. The van der Waals surface area contributed by atoms with Crippen LogP contribution in [0.15, 0.2) is 24.3 Å². The Bertz CT molecular complexity index is 922. The van der Waals surface area contributed by atoms with Crippen molar-refractivity contribution in [3.05, 3.63) is 52.5 Å². The number of benzene rings is 1. The first-order valence-electron chi connectivity index (χ1n) is 10.3. The molecule has 0 radical (unpaired) electrons. The molecule has 0 aliphatic heterocycles. The highest BCUT2D eigenvalue weighted by Gasteiger charge is 2.26. The van der Waals surface area contributed by atoms with Gasteiger partial charge in [-0.25, -0.2) is 4.39 Å². The molecule has 1 aromatic heterocycles. The summed E-state index contributed by atoms with van der Waals surface area (Å²) in [6.45, 7) is 4.41. The second-order valence-corrected chi connectivity index (χ2v) is 8.02. The fourth-order valence-corrected chi connectivity index (χ4v) is 4.27. The van der Waals surface area contributed by atoms with Gasteiger partial charge in [0.15, 0.2) is 0 Å². The van der Waals surface area contributed by atoms with Crippen molar-refractivity contribution in [3.63, 3.8) is 0 Å². The van der Waals surface area contributed by atoms with Crippen molar-refractivity contribution in [2.24, 2.45) is 0 Å². The second-order valence-electron chi connectivity index (χ2n) is 8.02. The van der Waals surface area contributed by atoms with E-state index in [0.29, 0.717) is 29.5 Å². The first kappa shape index (κ1) is 21.1. The van der Waals surface area contributed by atoms with Gasteiger partial charge in [-0.15, -0.1) is 0 Å². The maximum absolute atomic E-state index is 13.9. The minimum absolute atomic E-state index is 0.118. The number of nitrogens with one attached hydrogen (secondary N) is 1. The van der Waals surface area contributed by atoms with Crippen LogP contribution in [-0.2, 0) is 11.3 Å². The summed E-state index contributed by atoms with van der Waals surface area (Å²) in [5, 5.41) is 12.7. The van der Waals surface area contributed by atoms with Crippen molar-refractivity contribution < 1.29 is 9.18 Å². The van der Waals surface area contributed by atoms with Crippen LogP contribution in [0.4, 0.5) is 10.2 Å². The van der Waals surface area contributed by atoms with Gasteiger partial charge in [-0.2, -0.15) is 5.26 Å². The van der Waals surface area contributed by atoms with Crippen molar-refractivity contribution in [3.8, 4) is 6.07 Å². The lowest BCUT2D eigenvalue weighted by atomic mass is 9.95. The number of hydrogen-bond acceptors (Lipinski definition) is 3. The van der Waals surface area contributed by atoms with Gasteiger partial charge in [0, 0.05) is 23.8 Å². The lowest BCUT2D eigenvalue weighted by molar-refractivity contribution is -0.117. The molecule has 1 aromatic carbocycles. The Morgan fingerprint density at radius 1 is 1.28 bits per heavy atom. The summed E-state index contributed by atoms with van der Waals surface area (Å²) in [6, 6.07) is 9.17. The number of hydrogen-bond donors (Lipinski definition) is 1. The van der Waals surface area contributed by atoms with Crippen molar-refractivity contribution in [2.75, 3.05) is 18.9 Å². The molecule has 1 aliphatic rings. The fourth-order valence-electron chi connectivity index (χ4n) is 4.27. The lowest BCUT2D eigenvalue weighted by Crippen LogP contribution is -2.31. The van der Waals surface area contributed by atoms with Crippen molar-refractivity contribution in [1.29, 1.82) is 5.26 Å². The van der Waals surface area contributed by atoms with Crippen LogP contribution in [0.1, 0.15) is 60.5 Å². The largest absolute Gasteiger partial charge is 0.327 e. The van der Waals surface area contributed by atoms with E-state index in [9.17, 15) is 14.4 Å². The molecule has 3 rings (SSSR count). The number of aromatic nitrogens is 1. The van der Waals surface area contributed by atoms with Gasteiger partial charge >= 0.3 is 0 Å². The van der Waals surface area contributed by atoms with Crippen LogP contribution in [0.5, 0.6) is 0 Å². The molecule has 1 fully saturated rings. The molecule has 0 spiro atoms. The van der Waals surface area contributed by atoms with E-state index in [1.165, 1.54) is 25.3 Å². The second kappa shape index (κ2) is 9.23. The fraction of sp³-hybridized carbons (Fsp3) is 0.478. The predicted octanol–water partition coefficient (Wildman–Crippen LogP) is 4.69. The molecule has 1 N–H and O–H groups in total. The number of carbonyl (C=O) groups is 1. The number of amides is 1. The molecule has 154 valence electrons. The zero-order chi connectivity index (χ0) is 21.0. The van der Waals surface area contributed by atoms with Gasteiger partial charge in [-0.05, 0) is 45.4 Å². The Morgan fingerprint density at radius 2 is 1.97 bits per heavy atom. The molecular formula is C23H29FN4O. The summed E-state index contributed by atoms with van der Waals surface area (Å²) < 4.78 is 16.0. The molecule has 1 heterocycles. The number of halogens is 1. The van der Waals surface area contributed by atoms with Crippen molar-refractivity contribution in [2.45, 2.75) is 58.5 Å². The first-order chi connectivity index (χ1) is 13.9. The van der Waals surface area contributed by atoms with E-state index in [1.54, 1.807) is 30.1 Å². The molecule has 0 bridgehead atoms. The number of nitrogens with zero attached hydrogens (tertiary/aromatic N) is 3. The Hall–Kier alpha value is -2.65. The summed E-state index contributed by atoms with van der Waals surface area (Å²) >= 11 is 0. The van der Waals surface area contributed by atoms with E-state index in [1.807, 2.05) is 13.8 Å². The topological polar surface area (TPSA) is 61.1 Å². The molecule has 1 aliphatic carbocycles. The molecule has 2 aromatic rings. The van der Waals surface area contributed by atoms with Gasteiger partial charge < -0.3 is 9.88 Å². The van der Waals surface area contributed by atoms with E-state index in [-0.39, 0.29) is 18.3 Å². The quantitative estimate of drug-likeness (QED) is 0.770. The van der Waals surface area contributed by atoms with Crippen LogP contribution in [0, 0.1) is 31.0 Å². The predicted molar refractivity (Wildman–Crippen MR) is 112 cm³/mol. The van der Waals surface area contributed by atoms with E-state index in [4.69, 9.17) is 0 Å². The van der Waals surface area contributed by atoms with Crippen LogP contribution in [0.3, 0.4) is 0 Å². The lowest BCUT2D eigenvalue weighted by Gasteiger charge is -2.27. The average Bonchev–Trinajstić information content (AvgIpc) is 2.93. The number of nitriles is 1. The molecule has 29 heavy (non-hydrogen) atoms. The minimum Gasteiger partial charge on any atom is -0.327 e. The van der Waals surface area contributed by atoms with Gasteiger partial charge in [-0.1, -0.05) is 37.5 Å². The van der Waals surface area contributed by atoms with Crippen LogP contribution in [-0.4, -0.2) is 29.0 Å². The molecular weight excluding hydrogens is 367 g/mol. The standard InChI is InChI=1S/C23H29FN4O/c1-16-17(2)28(19-10-5-4-6-11-19)23(20(16)13-25)26-22(29)15-27(3)14-18-9-7-8-12-21(18)24/h7-9,12,19H,4-6,10-11,14-15H2,1-3H3,(H,26,29). The highest BCUT2D eigenvalue weighted by Crippen LogP contribution is 2.36. The minimum atomic E-state index is -0.274. The number of anilines is 1. The molecule has 5 nitrogen and oxygen atoms in total. The van der Waals surface area contributed by atoms with Gasteiger partial charge in [0.1, 0.15) is 17.7 Å². The summed E-state index contributed by atoms with van der Waals surface area (Å²) in [5.74, 6) is 0.137. The summed E-state index contributed by atoms with van der Waals surface area (Å²) in [6.07, 6.45) is 5.71. The zero-order valence-corrected chi connectivity index (χ0v) is 17.5. The van der Waals surface area contributed by atoms with Crippen molar-refractivity contribution in [1.82, 2.24) is 9.47 Å². The highest BCUT2D eigenvalue weighted by molar-refractivity contribution is 5.93. The SMILES string of the molecule is Cc1c(C#N)c(NC(=O)CN(C)Cc2ccccc2F)n(C2CCCCC2)c1C. The molecule has 0 saturated heterocycles. The molecule has 1 amide bonds. The summed E-state index contributed by atoms with van der Waals surface area (Å²) in [4.78, 5) is 14.5. The zero-order valence-electron chi connectivity index (χ0n) is 17.5. The van der Waals surface area contributed by atoms with Crippen LogP contribution in [0.25, 0.3) is 0 Å². The molecule has 1 saturated carbocycles. The Labute approximate surface area is 172 Å². The van der Waals surface area contributed by atoms with Gasteiger partial charge in [-0.3, -0.25) is 9.69 Å². The van der Waals surface area contributed by atoms with E-state index in [0.717, 1.165) is 24.1 Å². The third-order valence-electron chi connectivity index (χ3n) is 5.88. The summed E-state index contributed by atoms with van der Waals surface area (Å²) in [5.41, 5.74) is 3.06. The van der Waals surface area contributed by atoms with E-state index >= 15 is 0 Å². The van der Waals surface area contributed by atoms with Gasteiger partial charge in [0.2, 0.25) is 5.91 Å². The summed E-state index contributed by atoms with van der Waals surface area (Å²) in [7, 11) is 1.79. The molecule has 0 atom stereocenters. The Morgan fingerprint density at radius 3 is 2.62 bits per heavy atom. The first-order valence-corrected chi connectivity index (χ1v) is 10.3. The smallest absolute Gasteiger partial charge is 0.239 e. The number of likely N-dealkylation sites (N-methyl/N-ethyl adjacent to an activating group) is 1. The number of rotatable bonds is 6. The number of carbonyl (C=O) groups excluding carboxylic acids is 1. The van der Waals surface area contributed by atoms with Crippen LogP contribution >= 0.6 is 0 Å². The maximum Gasteiger partial charge on any atom is 0.239 e. The van der Waals surface area contributed by atoms with Gasteiger partial charge in [0.05, 0.1) is 12.1 Å². The van der Waals surface area contributed by atoms with E-state index in [2.05, 4.69) is 16.0 Å². The van der Waals surface area contributed by atoms with E-state index < -0.39 is 0 Å². The molecule has 6 heteroatoms. The third-order valence-corrected chi connectivity index (χ3v) is 5.88. The monoisotopic (exact) mass is 396 g/mol. The Kier molecular flexibility index (Phi) is 6.71. The normalized spacial score (nSPS) is 14.8. The van der Waals surface area contributed by atoms with Gasteiger partial charge in [0.25, 0.3) is 0 Å². The van der Waals surface area contributed by atoms with Crippen molar-refractivity contribution >= 4 is 11.7 Å². The molecule has 0 unspecified atom stereocenters. The van der Waals surface area contributed by atoms with Crippen LogP contribution in [0.2, 0.25) is 0 Å². The van der Waals surface area contributed by atoms with Crippen LogP contribution < -0.4 is 5.32 Å². The Balaban J connectivity index is 1.76. The maximum atomic E-state index is 13.9. The highest BCUT2D eigenvalue weighted by atomic mass is 19.1.